The van der Waals surface area contributed by atoms with Crippen LogP contribution in [-0.4, -0.2) is 19.2 Å². The second kappa shape index (κ2) is 6.33. The lowest BCUT2D eigenvalue weighted by atomic mass is 10.1. The monoisotopic (exact) mass is 271 g/mol. The fourth-order valence-corrected chi connectivity index (χ4v) is 2.21. The van der Waals surface area contributed by atoms with E-state index in [1.54, 1.807) is 6.07 Å². The van der Waals surface area contributed by atoms with Crippen LogP contribution in [0.5, 0.6) is 11.5 Å². The zero-order valence-corrected chi connectivity index (χ0v) is 12.2. The molecular formula is C17H21NO2. The number of hydrogen-bond donors (Lipinski definition) is 1. The third kappa shape index (κ3) is 3.05. The number of benzene rings is 2. The molecule has 0 aromatic heterocycles. The first-order valence-corrected chi connectivity index (χ1v) is 6.84. The SMILES string of the molecule is CCC(Oc1ccccc1N(C)C)c1ccccc1O. The van der Waals surface area contributed by atoms with Crippen LogP contribution in [-0.2, 0) is 0 Å². The minimum Gasteiger partial charge on any atom is -0.508 e. The van der Waals surface area contributed by atoms with Gasteiger partial charge in [-0.1, -0.05) is 37.3 Å². The average molecular weight is 271 g/mol. The molecule has 0 aliphatic heterocycles. The molecule has 0 fully saturated rings. The second-order valence-electron chi connectivity index (χ2n) is 4.94. The van der Waals surface area contributed by atoms with Crippen LogP contribution < -0.4 is 9.64 Å². The number of anilines is 1. The first-order valence-electron chi connectivity index (χ1n) is 6.84. The van der Waals surface area contributed by atoms with Crippen molar-refractivity contribution in [2.75, 3.05) is 19.0 Å². The normalized spacial score (nSPS) is 11.9. The fourth-order valence-electron chi connectivity index (χ4n) is 2.21. The molecule has 0 aliphatic rings. The van der Waals surface area contributed by atoms with Gasteiger partial charge in [-0.15, -0.1) is 0 Å². The van der Waals surface area contributed by atoms with E-state index in [-0.39, 0.29) is 11.9 Å². The van der Waals surface area contributed by atoms with Crippen LogP contribution in [0.25, 0.3) is 0 Å². The van der Waals surface area contributed by atoms with Crippen LogP contribution in [0.2, 0.25) is 0 Å². The standard InChI is InChI=1S/C17H21NO2/c1-4-16(13-9-5-7-11-15(13)19)20-17-12-8-6-10-14(17)18(2)3/h5-12,16,19H,4H2,1-3H3. The van der Waals surface area contributed by atoms with Crippen LogP contribution in [0.1, 0.15) is 25.0 Å². The molecule has 0 aliphatic carbocycles. The topological polar surface area (TPSA) is 32.7 Å². The summed E-state index contributed by atoms with van der Waals surface area (Å²) < 4.78 is 6.12. The number of rotatable bonds is 5. The van der Waals surface area contributed by atoms with Crippen molar-refractivity contribution in [3.63, 3.8) is 0 Å². The Morgan fingerprint density at radius 1 is 1.05 bits per heavy atom. The largest absolute Gasteiger partial charge is 0.508 e. The molecule has 0 spiro atoms. The Hall–Kier alpha value is -2.16. The average Bonchev–Trinajstić information content (AvgIpc) is 2.46. The summed E-state index contributed by atoms with van der Waals surface area (Å²) in [6, 6.07) is 15.3. The van der Waals surface area contributed by atoms with Gasteiger partial charge in [0.2, 0.25) is 0 Å². The second-order valence-corrected chi connectivity index (χ2v) is 4.94. The highest BCUT2D eigenvalue weighted by Gasteiger charge is 2.16. The zero-order chi connectivity index (χ0) is 14.5. The van der Waals surface area contributed by atoms with Crippen molar-refractivity contribution in [2.24, 2.45) is 0 Å². The molecule has 0 amide bonds. The molecule has 106 valence electrons. The van der Waals surface area contributed by atoms with Crippen molar-refractivity contribution >= 4 is 5.69 Å². The predicted molar refractivity (Wildman–Crippen MR) is 82.5 cm³/mol. The van der Waals surface area contributed by atoms with Gasteiger partial charge in [-0.05, 0) is 24.6 Å². The predicted octanol–water partition coefficient (Wildman–Crippen LogP) is 3.99. The lowest BCUT2D eigenvalue weighted by Crippen LogP contribution is -2.13. The van der Waals surface area contributed by atoms with Gasteiger partial charge in [0.15, 0.2) is 0 Å². The number of phenolic OH excluding ortho intramolecular Hbond substituents is 1. The van der Waals surface area contributed by atoms with Crippen LogP contribution in [0.3, 0.4) is 0 Å². The summed E-state index contributed by atoms with van der Waals surface area (Å²) in [6.45, 7) is 2.05. The number of ether oxygens (including phenoxy) is 1. The lowest BCUT2D eigenvalue weighted by molar-refractivity contribution is 0.197. The maximum Gasteiger partial charge on any atom is 0.143 e. The molecule has 20 heavy (non-hydrogen) atoms. The molecule has 0 heterocycles. The number of phenols is 1. The molecule has 2 rings (SSSR count). The molecule has 1 N–H and O–H groups in total. The van der Waals surface area contributed by atoms with Gasteiger partial charge in [-0.3, -0.25) is 0 Å². The van der Waals surface area contributed by atoms with Gasteiger partial charge in [0, 0.05) is 19.7 Å². The van der Waals surface area contributed by atoms with E-state index in [0.29, 0.717) is 0 Å². The van der Waals surface area contributed by atoms with Crippen molar-refractivity contribution in [3.05, 3.63) is 54.1 Å². The van der Waals surface area contributed by atoms with Gasteiger partial charge >= 0.3 is 0 Å². The summed E-state index contributed by atoms with van der Waals surface area (Å²) in [6.07, 6.45) is 0.636. The molecule has 0 radical (unpaired) electrons. The van der Waals surface area contributed by atoms with Crippen LogP contribution in [0.4, 0.5) is 5.69 Å². The number of hydrogen-bond acceptors (Lipinski definition) is 3. The smallest absolute Gasteiger partial charge is 0.143 e. The summed E-state index contributed by atoms with van der Waals surface area (Å²) in [5, 5.41) is 9.98. The quantitative estimate of drug-likeness (QED) is 0.892. The highest BCUT2D eigenvalue weighted by Crippen LogP contribution is 2.34. The minimum absolute atomic E-state index is 0.155. The highest BCUT2D eigenvalue weighted by molar-refractivity contribution is 5.57. The summed E-state index contributed by atoms with van der Waals surface area (Å²) in [5.74, 6) is 1.11. The van der Waals surface area contributed by atoms with E-state index in [0.717, 1.165) is 23.4 Å². The molecule has 1 atom stereocenters. The van der Waals surface area contributed by atoms with E-state index >= 15 is 0 Å². The van der Waals surface area contributed by atoms with Crippen LogP contribution >= 0.6 is 0 Å². The van der Waals surface area contributed by atoms with Crippen molar-refractivity contribution < 1.29 is 9.84 Å². The van der Waals surface area contributed by atoms with E-state index < -0.39 is 0 Å². The maximum atomic E-state index is 9.98. The third-order valence-corrected chi connectivity index (χ3v) is 3.27. The van der Waals surface area contributed by atoms with Gasteiger partial charge in [0.25, 0.3) is 0 Å². The summed E-state index contributed by atoms with van der Waals surface area (Å²) in [7, 11) is 3.98. The Kier molecular flexibility index (Phi) is 4.51. The van der Waals surface area contributed by atoms with Crippen LogP contribution in [0, 0.1) is 0 Å². The van der Waals surface area contributed by atoms with Crippen molar-refractivity contribution in [3.8, 4) is 11.5 Å². The molecule has 2 aromatic rings. The number of para-hydroxylation sites is 3. The Bertz CT molecular complexity index is 566. The maximum absolute atomic E-state index is 9.98. The van der Waals surface area contributed by atoms with Crippen molar-refractivity contribution in [1.29, 1.82) is 0 Å². The summed E-state index contributed by atoms with van der Waals surface area (Å²) in [5.41, 5.74) is 1.85. The molecule has 2 aromatic carbocycles. The molecule has 0 bridgehead atoms. The molecule has 0 saturated heterocycles. The number of aromatic hydroxyl groups is 1. The zero-order valence-electron chi connectivity index (χ0n) is 12.2. The highest BCUT2D eigenvalue weighted by atomic mass is 16.5. The lowest BCUT2D eigenvalue weighted by Gasteiger charge is -2.23. The Labute approximate surface area is 120 Å². The Balaban J connectivity index is 2.30. The minimum atomic E-state index is -0.155. The number of nitrogens with zero attached hydrogens (tertiary/aromatic N) is 1. The fraction of sp³-hybridized carbons (Fsp3) is 0.294. The first-order chi connectivity index (χ1) is 9.63. The van der Waals surface area contributed by atoms with Gasteiger partial charge in [0.05, 0.1) is 5.69 Å². The van der Waals surface area contributed by atoms with Gasteiger partial charge in [0.1, 0.15) is 17.6 Å². The van der Waals surface area contributed by atoms with Crippen molar-refractivity contribution in [1.82, 2.24) is 0 Å². The first kappa shape index (κ1) is 14.3. The van der Waals surface area contributed by atoms with Gasteiger partial charge in [-0.25, -0.2) is 0 Å². The van der Waals surface area contributed by atoms with Gasteiger partial charge < -0.3 is 14.7 Å². The van der Waals surface area contributed by atoms with Crippen LogP contribution in [0.15, 0.2) is 48.5 Å². The van der Waals surface area contributed by atoms with Gasteiger partial charge in [-0.2, -0.15) is 0 Å². The van der Waals surface area contributed by atoms with Crippen molar-refractivity contribution in [2.45, 2.75) is 19.4 Å². The molecule has 0 saturated carbocycles. The Morgan fingerprint density at radius 2 is 1.70 bits per heavy atom. The van der Waals surface area contributed by atoms with E-state index in [4.69, 9.17) is 4.74 Å². The summed E-state index contributed by atoms with van der Waals surface area (Å²) in [4.78, 5) is 2.02. The summed E-state index contributed by atoms with van der Waals surface area (Å²) >= 11 is 0. The molecular weight excluding hydrogens is 250 g/mol. The Morgan fingerprint density at radius 3 is 2.35 bits per heavy atom. The molecule has 1 unspecified atom stereocenters. The molecule has 3 heteroatoms. The van der Waals surface area contributed by atoms with E-state index in [1.165, 1.54) is 0 Å². The van der Waals surface area contributed by atoms with E-state index in [2.05, 4.69) is 6.92 Å². The van der Waals surface area contributed by atoms with E-state index in [1.807, 2.05) is 61.5 Å². The third-order valence-electron chi connectivity index (χ3n) is 3.27. The molecule has 3 nitrogen and oxygen atoms in total. The van der Waals surface area contributed by atoms with E-state index in [9.17, 15) is 5.11 Å².